The third-order valence-corrected chi connectivity index (χ3v) is 5.99. The first-order chi connectivity index (χ1) is 19.2. The molecular formula is C30H25F3N2O5. The van der Waals surface area contributed by atoms with Crippen LogP contribution in [-0.4, -0.2) is 42.2 Å². The molecule has 0 saturated carbocycles. The second kappa shape index (κ2) is 12.3. The lowest BCUT2D eigenvalue weighted by Gasteiger charge is -2.19. The van der Waals surface area contributed by atoms with Crippen molar-refractivity contribution in [2.24, 2.45) is 0 Å². The minimum atomic E-state index is -4.61. The van der Waals surface area contributed by atoms with Crippen molar-refractivity contribution in [1.29, 1.82) is 0 Å². The number of hydrogen-bond donors (Lipinski definition) is 2. The van der Waals surface area contributed by atoms with E-state index in [9.17, 15) is 27.9 Å². The Bertz CT molecular complexity index is 1490. The highest BCUT2D eigenvalue weighted by Gasteiger charge is 2.31. The molecule has 4 rings (SSSR count). The van der Waals surface area contributed by atoms with Crippen LogP contribution in [0.3, 0.4) is 0 Å². The van der Waals surface area contributed by atoms with Crippen molar-refractivity contribution in [2.45, 2.75) is 12.6 Å². The summed E-state index contributed by atoms with van der Waals surface area (Å²) < 4.78 is 51.5. The van der Waals surface area contributed by atoms with Gasteiger partial charge < -0.3 is 19.9 Å². The first-order valence-electron chi connectivity index (χ1n) is 12.2. The maximum Gasteiger partial charge on any atom is 0.416 e. The number of carboxylic acids is 1. The summed E-state index contributed by atoms with van der Waals surface area (Å²) in [6, 6.07) is 19.6. The molecule has 7 nitrogen and oxygen atoms in total. The van der Waals surface area contributed by atoms with Crippen LogP contribution >= 0.6 is 0 Å². The molecule has 0 aliphatic rings. The van der Waals surface area contributed by atoms with Gasteiger partial charge in [0, 0.05) is 41.5 Å². The third-order valence-electron chi connectivity index (χ3n) is 5.99. The predicted octanol–water partition coefficient (Wildman–Crippen LogP) is 5.88. The number of methoxy groups -OCH3 is 1. The van der Waals surface area contributed by atoms with Crippen molar-refractivity contribution in [2.75, 3.05) is 20.3 Å². The van der Waals surface area contributed by atoms with E-state index in [0.29, 0.717) is 23.3 Å². The number of alkyl halides is 3. The first-order valence-corrected chi connectivity index (χ1v) is 12.2. The Morgan fingerprint density at radius 1 is 0.925 bits per heavy atom. The number of hydrogen-bond acceptors (Lipinski definition) is 5. The summed E-state index contributed by atoms with van der Waals surface area (Å²) in [5, 5.41) is 12.1. The number of carbonyl (C=O) groups excluding carboxylic acids is 1. The first kappa shape index (κ1) is 28.2. The molecule has 1 heterocycles. The van der Waals surface area contributed by atoms with Crippen molar-refractivity contribution < 1.29 is 37.3 Å². The lowest BCUT2D eigenvalue weighted by atomic mass is 9.93. The van der Waals surface area contributed by atoms with E-state index >= 15 is 0 Å². The maximum absolute atomic E-state index is 13.6. The van der Waals surface area contributed by atoms with Crippen LogP contribution in [0.4, 0.5) is 13.2 Å². The zero-order chi connectivity index (χ0) is 28.7. The lowest BCUT2D eigenvalue weighted by Crippen LogP contribution is -2.26. The number of halogens is 3. The maximum atomic E-state index is 13.6. The third kappa shape index (κ3) is 6.96. The average Bonchev–Trinajstić information content (AvgIpc) is 2.96. The molecule has 0 aliphatic carbocycles. The SMILES string of the molecule is COc1ccc(-c2cc(C(=O)NCCc3ccccn3)cc(-c3cccc(C(F)(F)F)c3)c2OCC(=O)O)cc1. The number of carbonyl (C=O) groups is 2. The number of rotatable bonds is 10. The van der Waals surface area contributed by atoms with E-state index in [0.717, 1.165) is 17.8 Å². The van der Waals surface area contributed by atoms with Crippen molar-refractivity contribution in [3.8, 4) is 33.8 Å². The van der Waals surface area contributed by atoms with Crippen LogP contribution in [0.15, 0.2) is 85.1 Å². The molecule has 0 bridgehead atoms. The molecule has 0 radical (unpaired) electrons. The number of aliphatic carboxylic acids is 1. The molecular weight excluding hydrogens is 525 g/mol. The van der Waals surface area contributed by atoms with Gasteiger partial charge in [-0.3, -0.25) is 9.78 Å². The van der Waals surface area contributed by atoms with E-state index in [4.69, 9.17) is 9.47 Å². The number of nitrogens with zero attached hydrogens (tertiary/aromatic N) is 1. The van der Waals surface area contributed by atoms with Gasteiger partial charge in [-0.15, -0.1) is 0 Å². The predicted molar refractivity (Wildman–Crippen MR) is 142 cm³/mol. The number of carboxylic acid groups (broad SMARTS) is 1. The molecule has 10 heteroatoms. The molecule has 1 aromatic heterocycles. The zero-order valence-electron chi connectivity index (χ0n) is 21.4. The largest absolute Gasteiger partial charge is 0.497 e. The molecule has 0 fully saturated rings. The summed E-state index contributed by atoms with van der Waals surface area (Å²) >= 11 is 0. The van der Waals surface area contributed by atoms with E-state index in [1.807, 2.05) is 12.1 Å². The van der Waals surface area contributed by atoms with Crippen LogP contribution in [0.5, 0.6) is 11.5 Å². The fraction of sp³-hybridized carbons (Fsp3) is 0.167. The number of aromatic nitrogens is 1. The van der Waals surface area contributed by atoms with Crippen LogP contribution in [0, 0.1) is 0 Å². The van der Waals surface area contributed by atoms with Gasteiger partial charge in [0.05, 0.1) is 12.7 Å². The van der Waals surface area contributed by atoms with Crippen LogP contribution in [0.25, 0.3) is 22.3 Å². The van der Waals surface area contributed by atoms with Crippen LogP contribution < -0.4 is 14.8 Å². The van der Waals surface area contributed by atoms with Gasteiger partial charge in [0.2, 0.25) is 0 Å². The summed E-state index contributed by atoms with van der Waals surface area (Å²) in [4.78, 5) is 28.9. The van der Waals surface area contributed by atoms with Crippen molar-refractivity contribution in [3.05, 3.63) is 102 Å². The average molecular weight is 551 g/mol. The molecule has 206 valence electrons. The van der Waals surface area contributed by atoms with Gasteiger partial charge >= 0.3 is 12.1 Å². The molecule has 0 aliphatic heterocycles. The van der Waals surface area contributed by atoms with Crippen LogP contribution in [0.2, 0.25) is 0 Å². The van der Waals surface area contributed by atoms with Gasteiger partial charge in [-0.25, -0.2) is 4.79 Å². The standard InChI is InChI=1S/C30H25F3N2O5/c1-39-24-10-8-19(9-11-24)25-16-21(29(38)35-14-12-23-7-2-3-13-34-23)17-26(28(25)40-18-27(36)37)20-5-4-6-22(15-20)30(31,32)33/h2-11,13,15-17H,12,14,18H2,1H3,(H,35,38)(H,36,37). The van der Waals surface area contributed by atoms with Gasteiger partial charge in [0.25, 0.3) is 5.91 Å². The molecule has 1 amide bonds. The molecule has 0 unspecified atom stereocenters. The highest BCUT2D eigenvalue weighted by molar-refractivity contribution is 5.99. The Morgan fingerprint density at radius 3 is 2.27 bits per heavy atom. The molecule has 0 saturated heterocycles. The lowest BCUT2D eigenvalue weighted by molar-refractivity contribution is -0.139. The normalized spacial score (nSPS) is 11.1. The quantitative estimate of drug-likeness (QED) is 0.256. The van der Waals surface area contributed by atoms with Crippen molar-refractivity contribution >= 4 is 11.9 Å². The molecule has 4 aromatic rings. The Kier molecular flexibility index (Phi) is 8.68. The van der Waals surface area contributed by atoms with E-state index in [2.05, 4.69) is 10.3 Å². The molecule has 2 N–H and O–H groups in total. The van der Waals surface area contributed by atoms with Crippen molar-refractivity contribution in [3.63, 3.8) is 0 Å². The number of amides is 1. The van der Waals surface area contributed by atoms with Gasteiger partial charge in [-0.05, 0) is 59.7 Å². The molecule has 3 aromatic carbocycles. The topological polar surface area (TPSA) is 97.8 Å². The smallest absolute Gasteiger partial charge is 0.416 e. The molecule has 40 heavy (non-hydrogen) atoms. The summed E-state index contributed by atoms with van der Waals surface area (Å²) in [7, 11) is 1.50. The second-order valence-corrected chi connectivity index (χ2v) is 8.72. The van der Waals surface area contributed by atoms with Gasteiger partial charge in [0.1, 0.15) is 11.5 Å². The summed E-state index contributed by atoms with van der Waals surface area (Å²) in [5.74, 6) is -1.16. The summed E-state index contributed by atoms with van der Waals surface area (Å²) in [5.41, 5.74) is 1.14. The highest BCUT2D eigenvalue weighted by Crippen LogP contribution is 2.42. The summed E-state index contributed by atoms with van der Waals surface area (Å²) in [6.45, 7) is -0.478. The minimum Gasteiger partial charge on any atom is -0.497 e. The number of pyridine rings is 1. The Morgan fingerprint density at radius 2 is 1.65 bits per heavy atom. The highest BCUT2D eigenvalue weighted by atomic mass is 19.4. The Balaban J connectivity index is 1.82. The zero-order valence-corrected chi connectivity index (χ0v) is 21.4. The van der Waals surface area contributed by atoms with Gasteiger partial charge in [-0.2, -0.15) is 13.2 Å². The Hall–Kier alpha value is -4.86. The van der Waals surface area contributed by atoms with Crippen LogP contribution in [-0.2, 0) is 17.4 Å². The summed E-state index contributed by atoms with van der Waals surface area (Å²) in [6.07, 6.45) is -2.49. The van der Waals surface area contributed by atoms with E-state index in [1.165, 1.54) is 31.4 Å². The second-order valence-electron chi connectivity index (χ2n) is 8.72. The minimum absolute atomic E-state index is 0.0249. The van der Waals surface area contributed by atoms with Crippen molar-refractivity contribution in [1.82, 2.24) is 10.3 Å². The van der Waals surface area contributed by atoms with Crippen LogP contribution in [0.1, 0.15) is 21.6 Å². The monoisotopic (exact) mass is 550 g/mol. The van der Waals surface area contributed by atoms with E-state index in [-0.39, 0.29) is 29.0 Å². The van der Waals surface area contributed by atoms with Gasteiger partial charge in [-0.1, -0.05) is 30.3 Å². The number of ether oxygens (including phenoxy) is 2. The number of benzene rings is 3. The number of nitrogens with one attached hydrogen (secondary N) is 1. The fourth-order valence-corrected chi connectivity index (χ4v) is 4.06. The molecule has 0 atom stereocenters. The fourth-order valence-electron chi connectivity index (χ4n) is 4.06. The van der Waals surface area contributed by atoms with Gasteiger partial charge in [0.15, 0.2) is 6.61 Å². The van der Waals surface area contributed by atoms with E-state index < -0.39 is 30.2 Å². The Labute approximate surface area is 228 Å². The van der Waals surface area contributed by atoms with E-state index in [1.54, 1.807) is 36.5 Å². The molecule has 0 spiro atoms.